The number of aromatic nitrogens is 1. The van der Waals surface area contributed by atoms with Gasteiger partial charge in [0.1, 0.15) is 4.90 Å². The number of pyridine rings is 1. The Kier molecular flexibility index (Phi) is 9.13. The Morgan fingerprint density at radius 2 is 1.53 bits per heavy atom. The van der Waals surface area contributed by atoms with E-state index in [1.165, 1.54) is 25.5 Å². The summed E-state index contributed by atoms with van der Waals surface area (Å²) in [6.45, 7) is 0. The molecule has 0 amide bonds. The predicted octanol–water partition coefficient (Wildman–Crippen LogP) is 4.27. The average molecular weight is 466 g/mol. The molecule has 2 aliphatic rings. The maximum absolute atomic E-state index is 13.2. The molecule has 0 radical (unpaired) electrons. The Bertz CT molecular complexity index is 874. The minimum atomic E-state index is -4.07. The van der Waals surface area contributed by atoms with Crippen LogP contribution in [0.4, 0.5) is 5.69 Å². The van der Waals surface area contributed by atoms with Crippen molar-refractivity contribution in [1.29, 1.82) is 0 Å². The molecule has 0 unspecified atom stereocenters. The SMILES string of the molecule is O=[N+]([O-])/C=C(/NC1CCCCCC1)NS(=O)(=O)c1cnccc1NC1CCCCCCC1. The normalized spacial score (nSPS) is 19.9. The van der Waals surface area contributed by atoms with Crippen LogP contribution in [0.2, 0.25) is 0 Å². The minimum absolute atomic E-state index is 0.000950. The number of nitrogens with one attached hydrogen (secondary N) is 3. The Morgan fingerprint density at radius 3 is 2.12 bits per heavy atom. The highest BCUT2D eigenvalue weighted by atomic mass is 32.2. The van der Waals surface area contributed by atoms with Crippen molar-refractivity contribution < 1.29 is 13.3 Å². The Morgan fingerprint density at radius 1 is 0.969 bits per heavy atom. The van der Waals surface area contributed by atoms with Crippen LogP contribution in [-0.4, -0.2) is 30.4 Å². The number of nitro groups is 1. The van der Waals surface area contributed by atoms with Gasteiger partial charge in [0.15, 0.2) is 5.82 Å². The van der Waals surface area contributed by atoms with Gasteiger partial charge in [-0.3, -0.25) is 19.8 Å². The number of hydrogen-bond donors (Lipinski definition) is 3. The van der Waals surface area contributed by atoms with E-state index in [2.05, 4.69) is 20.3 Å². The summed E-state index contributed by atoms with van der Waals surface area (Å²) in [4.78, 5) is 14.5. The van der Waals surface area contributed by atoms with Gasteiger partial charge in [-0.15, -0.1) is 0 Å². The first-order chi connectivity index (χ1) is 15.4. The van der Waals surface area contributed by atoms with E-state index in [1.807, 2.05) is 0 Å². The summed E-state index contributed by atoms with van der Waals surface area (Å²) in [5.74, 6) is -0.109. The second-order valence-corrected chi connectivity index (χ2v) is 10.5. The summed E-state index contributed by atoms with van der Waals surface area (Å²) >= 11 is 0. The van der Waals surface area contributed by atoms with E-state index >= 15 is 0 Å². The molecule has 9 nitrogen and oxygen atoms in total. The van der Waals surface area contributed by atoms with Crippen molar-refractivity contribution in [3.8, 4) is 0 Å². The van der Waals surface area contributed by atoms with Crippen molar-refractivity contribution in [2.45, 2.75) is 100 Å². The zero-order chi connectivity index (χ0) is 22.8. The van der Waals surface area contributed by atoms with E-state index in [0.29, 0.717) is 11.9 Å². The summed E-state index contributed by atoms with van der Waals surface area (Å²) < 4.78 is 28.9. The lowest BCUT2D eigenvalue weighted by atomic mass is 9.96. The smallest absolute Gasteiger partial charge is 0.275 e. The molecule has 0 aromatic carbocycles. The molecule has 32 heavy (non-hydrogen) atoms. The number of sulfonamides is 1. The molecule has 2 saturated carbocycles. The first kappa shape index (κ1) is 24.3. The quantitative estimate of drug-likeness (QED) is 0.297. The zero-order valence-electron chi connectivity index (χ0n) is 18.6. The van der Waals surface area contributed by atoms with Crippen LogP contribution < -0.4 is 15.4 Å². The highest BCUT2D eigenvalue weighted by Gasteiger charge is 2.24. The minimum Gasteiger partial charge on any atom is -0.381 e. The van der Waals surface area contributed by atoms with E-state index in [1.54, 1.807) is 12.3 Å². The molecule has 2 fully saturated rings. The average Bonchev–Trinajstić information content (AvgIpc) is 2.98. The maximum atomic E-state index is 13.2. The number of rotatable bonds is 8. The van der Waals surface area contributed by atoms with Crippen molar-refractivity contribution in [3.05, 3.63) is 40.6 Å². The Labute approximate surface area is 190 Å². The third kappa shape index (κ3) is 7.65. The number of hydrogen-bond acceptors (Lipinski definition) is 7. The van der Waals surface area contributed by atoms with Crippen LogP contribution in [0, 0.1) is 10.1 Å². The van der Waals surface area contributed by atoms with Crippen LogP contribution in [-0.2, 0) is 10.0 Å². The van der Waals surface area contributed by atoms with Gasteiger partial charge in [-0.2, -0.15) is 0 Å². The summed E-state index contributed by atoms with van der Waals surface area (Å²) in [5, 5.41) is 17.6. The standard InChI is InChI=1S/C22H35N5O4S/c28-27(29)17-22(25-19-12-8-4-5-9-13-19)26-32(30,31)21-16-23-15-14-20(21)24-18-10-6-2-1-3-7-11-18/h14-19,25-26H,1-13H2,(H,23,24)/b22-17-. The second-order valence-electron chi connectivity index (χ2n) is 8.82. The molecule has 0 aliphatic heterocycles. The van der Waals surface area contributed by atoms with Gasteiger partial charge in [0.2, 0.25) is 0 Å². The Balaban J connectivity index is 1.76. The van der Waals surface area contributed by atoms with E-state index in [0.717, 1.165) is 64.2 Å². The lowest BCUT2D eigenvalue weighted by molar-refractivity contribution is -0.404. The molecule has 1 aromatic rings. The molecule has 10 heteroatoms. The van der Waals surface area contributed by atoms with Gasteiger partial charge < -0.3 is 10.6 Å². The van der Waals surface area contributed by atoms with Crippen LogP contribution in [0.1, 0.15) is 83.5 Å². The van der Waals surface area contributed by atoms with Crippen LogP contribution in [0.5, 0.6) is 0 Å². The van der Waals surface area contributed by atoms with Gasteiger partial charge in [-0.25, -0.2) is 8.42 Å². The van der Waals surface area contributed by atoms with Gasteiger partial charge >= 0.3 is 0 Å². The van der Waals surface area contributed by atoms with Crippen LogP contribution in [0.25, 0.3) is 0 Å². The van der Waals surface area contributed by atoms with Gasteiger partial charge in [0.05, 0.1) is 10.6 Å². The summed E-state index contributed by atoms with van der Waals surface area (Å²) in [7, 11) is -4.07. The van der Waals surface area contributed by atoms with Crippen molar-refractivity contribution in [2.75, 3.05) is 5.32 Å². The van der Waals surface area contributed by atoms with Crippen LogP contribution in [0.15, 0.2) is 35.4 Å². The molecule has 3 N–H and O–H groups in total. The zero-order valence-corrected chi connectivity index (χ0v) is 19.4. The van der Waals surface area contributed by atoms with E-state index in [9.17, 15) is 18.5 Å². The maximum Gasteiger partial charge on any atom is 0.275 e. The summed E-state index contributed by atoms with van der Waals surface area (Å²) in [5.41, 5.74) is 0.480. The molecule has 0 saturated heterocycles. The Hall–Kier alpha value is -2.36. The van der Waals surface area contributed by atoms with Crippen molar-refractivity contribution in [2.24, 2.45) is 0 Å². The van der Waals surface area contributed by atoms with Crippen molar-refractivity contribution in [1.82, 2.24) is 15.0 Å². The molecule has 0 bridgehead atoms. The van der Waals surface area contributed by atoms with Crippen LogP contribution in [0.3, 0.4) is 0 Å². The molecule has 2 aliphatic carbocycles. The first-order valence-electron chi connectivity index (χ1n) is 11.8. The molecule has 1 aromatic heterocycles. The molecular formula is C22H35N5O4S. The fourth-order valence-electron chi connectivity index (χ4n) is 4.58. The fraction of sp³-hybridized carbons (Fsp3) is 0.682. The monoisotopic (exact) mass is 465 g/mol. The van der Waals surface area contributed by atoms with Gasteiger partial charge in [0, 0.05) is 24.5 Å². The van der Waals surface area contributed by atoms with Crippen LogP contribution >= 0.6 is 0 Å². The van der Waals surface area contributed by atoms with E-state index in [4.69, 9.17) is 0 Å². The third-order valence-electron chi connectivity index (χ3n) is 6.23. The lowest BCUT2D eigenvalue weighted by Crippen LogP contribution is -2.38. The summed E-state index contributed by atoms with van der Waals surface area (Å²) in [6, 6.07) is 1.86. The second kappa shape index (κ2) is 12.0. The van der Waals surface area contributed by atoms with Gasteiger partial charge in [-0.1, -0.05) is 57.8 Å². The molecular weight excluding hydrogens is 430 g/mol. The summed E-state index contributed by atoms with van der Waals surface area (Å²) in [6.07, 6.45) is 17.4. The lowest BCUT2D eigenvalue weighted by Gasteiger charge is -2.24. The van der Waals surface area contributed by atoms with Crippen molar-refractivity contribution in [3.63, 3.8) is 0 Å². The molecule has 3 rings (SSSR count). The van der Waals surface area contributed by atoms with E-state index < -0.39 is 14.9 Å². The number of nitrogens with zero attached hydrogens (tertiary/aromatic N) is 2. The molecule has 178 valence electrons. The van der Waals surface area contributed by atoms with Crippen molar-refractivity contribution >= 4 is 15.7 Å². The molecule has 0 spiro atoms. The van der Waals surface area contributed by atoms with E-state index in [-0.39, 0.29) is 22.8 Å². The molecule has 0 atom stereocenters. The number of anilines is 1. The largest absolute Gasteiger partial charge is 0.381 e. The highest BCUT2D eigenvalue weighted by molar-refractivity contribution is 7.89. The van der Waals surface area contributed by atoms with Gasteiger partial charge in [0.25, 0.3) is 16.2 Å². The first-order valence-corrected chi connectivity index (χ1v) is 13.3. The topological polar surface area (TPSA) is 126 Å². The van der Waals surface area contributed by atoms with Gasteiger partial charge in [-0.05, 0) is 31.7 Å². The third-order valence-corrected chi connectivity index (χ3v) is 7.63. The fourth-order valence-corrected chi connectivity index (χ4v) is 5.70. The highest BCUT2D eigenvalue weighted by Crippen LogP contribution is 2.25. The molecule has 1 heterocycles. The predicted molar refractivity (Wildman–Crippen MR) is 124 cm³/mol.